The molecule has 2 heterocycles. The van der Waals surface area contributed by atoms with Gasteiger partial charge in [-0.3, -0.25) is 14.6 Å². The number of rotatable bonds is 7. The van der Waals surface area contributed by atoms with E-state index in [0.717, 1.165) is 22.6 Å². The molecule has 2 aromatic carbocycles. The van der Waals surface area contributed by atoms with Crippen molar-refractivity contribution in [1.29, 1.82) is 0 Å². The molecule has 0 radical (unpaired) electrons. The summed E-state index contributed by atoms with van der Waals surface area (Å²) < 4.78 is 4.31. The van der Waals surface area contributed by atoms with Crippen LogP contribution in [0.15, 0.2) is 54.7 Å². The number of nitrogens with zero attached hydrogens (tertiary/aromatic N) is 4. The van der Waals surface area contributed by atoms with Crippen LogP contribution in [0.3, 0.4) is 0 Å². The van der Waals surface area contributed by atoms with Gasteiger partial charge in [0.15, 0.2) is 0 Å². The molecule has 0 aliphatic heterocycles. The number of anilines is 3. The van der Waals surface area contributed by atoms with Gasteiger partial charge in [-0.1, -0.05) is 18.2 Å². The van der Waals surface area contributed by atoms with Gasteiger partial charge in [0, 0.05) is 24.8 Å². The first-order valence-corrected chi connectivity index (χ1v) is 11.0. The number of fused-ring (bicyclic) bond motifs is 1. The smallest absolute Gasteiger partial charge is 0.260 e. The van der Waals surface area contributed by atoms with Gasteiger partial charge in [0.05, 0.1) is 35.1 Å². The minimum atomic E-state index is -0.356. The molecule has 168 valence electrons. The lowest BCUT2D eigenvalue weighted by Crippen LogP contribution is -2.29. The highest BCUT2D eigenvalue weighted by atomic mass is 32.1. The molecule has 9 nitrogen and oxygen atoms in total. The number of likely N-dealkylation sites (N-methyl/N-ethyl adjacent to an activating group) is 1. The Kier molecular flexibility index (Phi) is 6.57. The van der Waals surface area contributed by atoms with Gasteiger partial charge in [-0.25, -0.2) is 4.98 Å². The number of nitrogens with one attached hydrogen (secondary N) is 2. The molecule has 10 heteroatoms. The van der Waals surface area contributed by atoms with Gasteiger partial charge >= 0.3 is 0 Å². The standard InChI is InChI=1S/C23H22N6O3S/c1-14-20(21(31)25-16-7-5-6-15(12-16)23(32)29(2)10-11-30)22(33-28-14)27-19-13-24-17-8-3-4-9-18(17)26-19/h3-9,12-13,30H,10-11H2,1-2H3,(H,25,31)(H,26,27). The molecule has 4 aromatic rings. The van der Waals surface area contributed by atoms with Crippen molar-refractivity contribution in [2.75, 3.05) is 30.8 Å². The second-order valence-electron chi connectivity index (χ2n) is 7.33. The summed E-state index contributed by atoms with van der Waals surface area (Å²) in [6.07, 6.45) is 1.61. The Bertz CT molecular complexity index is 1320. The summed E-state index contributed by atoms with van der Waals surface area (Å²) in [6, 6.07) is 14.2. The van der Waals surface area contributed by atoms with E-state index in [1.807, 2.05) is 24.3 Å². The van der Waals surface area contributed by atoms with Crippen molar-refractivity contribution in [1.82, 2.24) is 19.2 Å². The van der Waals surface area contributed by atoms with E-state index in [2.05, 4.69) is 25.0 Å². The fourth-order valence-electron chi connectivity index (χ4n) is 3.25. The SMILES string of the molecule is Cc1nsc(Nc2cnc3ccccc3n2)c1C(=O)Nc1cccc(C(=O)N(C)CCO)c1. The number of carbonyl (C=O) groups excluding carboxylic acids is 2. The van der Waals surface area contributed by atoms with E-state index in [4.69, 9.17) is 5.11 Å². The second-order valence-corrected chi connectivity index (χ2v) is 8.10. The third kappa shape index (κ3) is 4.97. The molecule has 0 unspecified atom stereocenters. The van der Waals surface area contributed by atoms with Crippen LogP contribution in [-0.2, 0) is 0 Å². The van der Waals surface area contributed by atoms with Gasteiger partial charge in [0.25, 0.3) is 11.8 Å². The summed E-state index contributed by atoms with van der Waals surface area (Å²) in [5.74, 6) is -0.0949. The number of aliphatic hydroxyl groups excluding tert-OH is 1. The highest BCUT2D eigenvalue weighted by Crippen LogP contribution is 2.28. The summed E-state index contributed by atoms with van der Waals surface area (Å²) in [5.41, 5.74) is 3.37. The zero-order valence-electron chi connectivity index (χ0n) is 18.1. The second kappa shape index (κ2) is 9.72. The molecule has 2 amide bonds. The first-order chi connectivity index (χ1) is 16.0. The van der Waals surface area contributed by atoms with Crippen LogP contribution in [0, 0.1) is 6.92 Å². The van der Waals surface area contributed by atoms with E-state index >= 15 is 0 Å². The maximum atomic E-state index is 13.1. The summed E-state index contributed by atoms with van der Waals surface area (Å²) in [7, 11) is 1.61. The van der Waals surface area contributed by atoms with Gasteiger partial charge in [-0.05, 0) is 48.8 Å². The van der Waals surface area contributed by atoms with Crippen molar-refractivity contribution >= 4 is 50.9 Å². The Morgan fingerprint density at radius 3 is 2.70 bits per heavy atom. The first-order valence-electron chi connectivity index (χ1n) is 10.2. The van der Waals surface area contributed by atoms with Gasteiger partial charge < -0.3 is 20.6 Å². The van der Waals surface area contributed by atoms with E-state index in [1.54, 1.807) is 44.4 Å². The Morgan fingerprint density at radius 1 is 1.12 bits per heavy atom. The van der Waals surface area contributed by atoms with E-state index < -0.39 is 0 Å². The number of aromatic nitrogens is 3. The number of hydrogen-bond acceptors (Lipinski definition) is 8. The predicted molar refractivity (Wildman–Crippen MR) is 128 cm³/mol. The van der Waals surface area contributed by atoms with Crippen molar-refractivity contribution in [3.8, 4) is 0 Å². The van der Waals surface area contributed by atoms with Crippen LogP contribution < -0.4 is 10.6 Å². The molecular formula is C23H22N6O3S. The largest absolute Gasteiger partial charge is 0.395 e. The minimum Gasteiger partial charge on any atom is -0.395 e. The van der Waals surface area contributed by atoms with E-state index in [9.17, 15) is 9.59 Å². The number of hydrogen-bond donors (Lipinski definition) is 3. The van der Waals surface area contributed by atoms with Crippen molar-refractivity contribution in [3.05, 3.63) is 71.5 Å². The van der Waals surface area contributed by atoms with Gasteiger partial charge in [0.1, 0.15) is 10.8 Å². The van der Waals surface area contributed by atoms with Crippen LogP contribution >= 0.6 is 11.5 Å². The van der Waals surface area contributed by atoms with E-state index in [-0.39, 0.29) is 25.0 Å². The molecule has 0 aliphatic carbocycles. The number of aryl methyl sites for hydroxylation is 1. The number of para-hydroxylation sites is 2. The topological polar surface area (TPSA) is 120 Å². The molecule has 0 bridgehead atoms. The van der Waals surface area contributed by atoms with Gasteiger partial charge in [0.2, 0.25) is 0 Å². The molecule has 0 aliphatic rings. The lowest BCUT2D eigenvalue weighted by Gasteiger charge is -2.16. The molecule has 0 atom stereocenters. The van der Waals surface area contributed by atoms with E-state index in [1.165, 1.54) is 4.90 Å². The highest BCUT2D eigenvalue weighted by molar-refractivity contribution is 7.10. The number of carbonyl (C=O) groups is 2. The Balaban J connectivity index is 1.54. The predicted octanol–water partition coefficient (Wildman–Crippen LogP) is 3.45. The van der Waals surface area contributed by atoms with Crippen LogP contribution in [0.5, 0.6) is 0 Å². The Labute approximate surface area is 194 Å². The van der Waals surface area contributed by atoms with Crippen molar-refractivity contribution in [2.24, 2.45) is 0 Å². The number of amides is 2. The quantitative estimate of drug-likeness (QED) is 0.385. The fraction of sp³-hybridized carbons (Fsp3) is 0.174. The van der Waals surface area contributed by atoms with E-state index in [0.29, 0.717) is 33.3 Å². The Hall–Kier alpha value is -3.89. The normalized spacial score (nSPS) is 10.8. The molecule has 0 saturated carbocycles. The molecule has 0 saturated heterocycles. The number of benzene rings is 2. The fourth-order valence-corrected chi connectivity index (χ4v) is 4.05. The third-order valence-electron chi connectivity index (χ3n) is 4.93. The number of aliphatic hydroxyl groups is 1. The highest BCUT2D eigenvalue weighted by Gasteiger charge is 2.20. The van der Waals surface area contributed by atoms with Gasteiger partial charge in [-0.15, -0.1) is 0 Å². The van der Waals surface area contributed by atoms with Crippen molar-refractivity contribution in [2.45, 2.75) is 6.92 Å². The van der Waals surface area contributed by atoms with Crippen LogP contribution in [-0.4, -0.2) is 56.4 Å². The average molecular weight is 463 g/mol. The first kappa shape index (κ1) is 22.3. The van der Waals surface area contributed by atoms with Crippen LogP contribution in [0.2, 0.25) is 0 Å². The molecule has 0 spiro atoms. The molecule has 3 N–H and O–H groups in total. The molecular weight excluding hydrogens is 440 g/mol. The average Bonchev–Trinajstić information content (AvgIpc) is 3.18. The zero-order valence-corrected chi connectivity index (χ0v) is 18.9. The van der Waals surface area contributed by atoms with Crippen molar-refractivity contribution in [3.63, 3.8) is 0 Å². The van der Waals surface area contributed by atoms with Crippen LogP contribution in [0.25, 0.3) is 11.0 Å². The maximum absolute atomic E-state index is 13.1. The summed E-state index contributed by atoms with van der Waals surface area (Å²) in [4.78, 5) is 35.9. The minimum absolute atomic E-state index is 0.125. The van der Waals surface area contributed by atoms with Crippen molar-refractivity contribution < 1.29 is 14.7 Å². The molecule has 33 heavy (non-hydrogen) atoms. The van der Waals surface area contributed by atoms with Crippen LogP contribution in [0.1, 0.15) is 26.4 Å². The molecule has 0 fully saturated rings. The lowest BCUT2D eigenvalue weighted by molar-refractivity contribution is 0.0766. The summed E-state index contributed by atoms with van der Waals surface area (Å²) >= 11 is 1.16. The summed E-state index contributed by atoms with van der Waals surface area (Å²) in [5, 5.41) is 15.6. The lowest BCUT2D eigenvalue weighted by atomic mass is 10.1. The maximum Gasteiger partial charge on any atom is 0.260 e. The zero-order chi connectivity index (χ0) is 23.4. The molecule has 4 rings (SSSR count). The molecule has 2 aromatic heterocycles. The summed E-state index contributed by atoms with van der Waals surface area (Å²) in [6.45, 7) is 1.86. The Morgan fingerprint density at radius 2 is 1.91 bits per heavy atom. The monoisotopic (exact) mass is 462 g/mol. The van der Waals surface area contributed by atoms with Crippen LogP contribution in [0.4, 0.5) is 16.5 Å². The van der Waals surface area contributed by atoms with Gasteiger partial charge in [-0.2, -0.15) is 4.37 Å². The third-order valence-corrected chi connectivity index (χ3v) is 5.78.